The molecule has 0 spiro atoms. The molecule has 0 aromatic heterocycles. The molecule has 0 saturated carbocycles. The molecule has 0 bridgehead atoms. The minimum atomic E-state index is -3.90. The summed E-state index contributed by atoms with van der Waals surface area (Å²) in [6, 6.07) is 0. The van der Waals surface area contributed by atoms with Gasteiger partial charge in [-0.3, -0.25) is 9.35 Å². The first kappa shape index (κ1) is 19.4. The van der Waals surface area contributed by atoms with E-state index in [2.05, 4.69) is 0 Å². The first-order chi connectivity index (χ1) is 10.3. The van der Waals surface area contributed by atoms with E-state index in [9.17, 15) is 13.2 Å². The largest absolute Gasteiger partial charge is 0.459 e. The Morgan fingerprint density at radius 3 is 2.41 bits per heavy atom. The summed E-state index contributed by atoms with van der Waals surface area (Å²) in [6.07, 6.45) is 4.65. The number of carbonyl (C=O) groups excluding carboxylic acids is 1. The van der Waals surface area contributed by atoms with Crippen LogP contribution in [0.3, 0.4) is 0 Å². The van der Waals surface area contributed by atoms with E-state index in [0.29, 0.717) is 19.6 Å². The highest BCUT2D eigenvalue weighted by Crippen LogP contribution is 2.20. The van der Waals surface area contributed by atoms with Crippen LogP contribution in [-0.4, -0.2) is 62.0 Å². The number of piperidine rings is 1. The highest BCUT2D eigenvalue weighted by molar-refractivity contribution is 7.85. The number of likely N-dealkylation sites (tertiary alicyclic amines) is 1. The maximum absolute atomic E-state index is 11.7. The lowest BCUT2D eigenvalue weighted by atomic mass is 10.1. The van der Waals surface area contributed by atoms with Crippen LogP contribution in [0.5, 0.6) is 0 Å². The Balaban J connectivity index is 2.47. The quantitative estimate of drug-likeness (QED) is 0.395. The minimum Gasteiger partial charge on any atom is -0.459 e. The summed E-state index contributed by atoms with van der Waals surface area (Å²) in [5, 5.41) is 0. The van der Waals surface area contributed by atoms with E-state index in [1.807, 2.05) is 13.8 Å². The van der Waals surface area contributed by atoms with E-state index < -0.39 is 10.1 Å². The molecule has 1 heterocycles. The number of nitrogens with zero attached hydrogens (tertiary/aromatic N) is 1. The van der Waals surface area contributed by atoms with Gasteiger partial charge in [-0.15, -0.1) is 0 Å². The van der Waals surface area contributed by atoms with Crippen molar-refractivity contribution in [3.05, 3.63) is 0 Å². The van der Waals surface area contributed by atoms with E-state index in [4.69, 9.17) is 9.29 Å². The van der Waals surface area contributed by atoms with Gasteiger partial charge in [0.1, 0.15) is 13.2 Å². The number of ether oxygens (including phenoxy) is 1. The second kappa shape index (κ2) is 8.84. The smallest absolute Gasteiger partial charge is 0.308 e. The van der Waals surface area contributed by atoms with Gasteiger partial charge in [0, 0.05) is 6.42 Å². The third kappa shape index (κ3) is 7.07. The van der Waals surface area contributed by atoms with Gasteiger partial charge in [-0.2, -0.15) is 8.42 Å². The Bertz CT molecular complexity index is 443. The second-order valence-electron chi connectivity index (χ2n) is 6.41. The van der Waals surface area contributed by atoms with E-state index in [0.717, 1.165) is 43.4 Å². The molecule has 6 nitrogen and oxygen atoms in total. The molecule has 1 aliphatic rings. The summed E-state index contributed by atoms with van der Waals surface area (Å²) >= 11 is 0. The summed E-state index contributed by atoms with van der Waals surface area (Å²) in [6.45, 7) is 7.63. The Morgan fingerprint density at radius 2 is 1.86 bits per heavy atom. The van der Waals surface area contributed by atoms with Gasteiger partial charge in [-0.05, 0) is 25.7 Å². The lowest BCUT2D eigenvalue weighted by molar-refractivity contribution is -0.932. The molecule has 1 rings (SSSR count). The van der Waals surface area contributed by atoms with Crippen molar-refractivity contribution in [1.29, 1.82) is 0 Å². The molecule has 0 aliphatic carbocycles. The van der Waals surface area contributed by atoms with Gasteiger partial charge < -0.3 is 9.22 Å². The minimum absolute atomic E-state index is 0.0747. The van der Waals surface area contributed by atoms with Crippen LogP contribution in [0.4, 0.5) is 0 Å². The maximum atomic E-state index is 11.7. The van der Waals surface area contributed by atoms with Crippen molar-refractivity contribution < 1.29 is 27.0 Å². The predicted molar refractivity (Wildman–Crippen MR) is 85.0 cm³/mol. The van der Waals surface area contributed by atoms with E-state index in [-0.39, 0.29) is 17.6 Å². The number of rotatable bonds is 9. The van der Waals surface area contributed by atoms with Crippen molar-refractivity contribution in [1.82, 2.24) is 0 Å². The zero-order valence-electron chi connectivity index (χ0n) is 13.8. The number of carbonyl (C=O) groups is 1. The van der Waals surface area contributed by atoms with Gasteiger partial charge in [-0.25, -0.2) is 0 Å². The number of quaternary nitrogens is 1. The molecule has 7 heteroatoms. The molecular weight excluding hydrogens is 306 g/mol. The molecule has 0 aromatic carbocycles. The molecule has 1 N–H and O–H groups in total. The van der Waals surface area contributed by atoms with Crippen LogP contribution in [-0.2, 0) is 19.6 Å². The summed E-state index contributed by atoms with van der Waals surface area (Å²) in [7, 11) is -3.90. The normalized spacial score (nSPS) is 19.6. The fourth-order valence-corrected chi connectivity index (χ4v) is 3.47. The Kier molecular flexibility index (Phi) is 7.79. The monoisotopic (exact) mass is 336 g/mol. The molecule has 0 aromatic rings. The van der Waals surface area contributed by atoms with Crippen LogP contribution in [0.1, 0.15) is 46.0 Å². The third-order valence-electron chi connectivity index (χ3n) is 4.62. The van der Waals surface area contributed by atoms with Crippen LogP contribution < -0.4 is 0 Å². The standard InChI is InChI=1S/C15H29NO5S/c1-3-14(2)15(17)21-12-11-16(8-5-4-6-9-16)10-7-13-22(18,19)20/h14H,3-13H2,1-2H3/p+1. The number of hydrogen-bond donors (Lipinski definition) is 1. The first-order valence-corrected chi connectivity index (χ1v) is 9.86. The van der Waals surface area contributed by atoms with Crippen LogP contribution in [0.2, 0.25) is 0 Å². The number of esters is 1. The van der Waals surface area contributed by atoms with Crippen LogP contribution in [0.25, 0.3) is 0 Å². The van der Waals surface area contributed by atoms with Crippen molar-refractivity contribution >= 4 is 16.1 Å². The molecule has 1 aliphatic heterocycles. The third-order valence-corrected chi connectivity index (χ3v) is 5.43. The summed E-state index contributed by atoms with van der Waals surface area (Å²) in [5.74, 6) is -0.426. The highest BCUT2D eigenvalue weighted by atomic mass is 32.2. The first-order valence-electron chi connectivity index (χ1n) is 8.25. The zero-order chi connectivity index (χ0) is 16.6. The van der Waals surface area contributed by atoms with E-state index in [1.54, 1.807) is 0 Å². The lowest BCUT2D eigenvalue weighted by Gasteiger charge is -2.41. The second-order valence-corrected chi connectivity index (χ2v) is 7.99. The molecule has 1 saturated heterocycles. The predicted octanol–water partition coefficient (Wildman–Crippen LogP) is 1.85. The Morgan fingerprint density at radius 1 is 1.23 bits per heavy atom. The fourth-order valence-electron chi connectivity index (χ4n) is 2.97. The van der Waals surface area contributed by atoms with E-state index in [1.165, 1.54) is 6.42 Å². The average Bonchev–Trinajstić information content (AvgIpc) is 2.46. The fraction of sp³-hybridized carbons (Fsp3) is 0.933. The SMILES string of the molecule is CCC(C)C(=O)OCC[N+]1(CCCS(=O)(=O)O)CCCCC1. The van der Waals surface area contributed by atoms with Gasteiger partial charge in [-0.1, -0.05) is 13.8 Å². The van der Waals surface area contributed by atoms with Crippen LogP contribution >= 0.6 is 0 Å². The zero-order valence-corrected chi connectivity index (χ0v) is 14.6. The van der Waals surface area contributed by atoms with Gasteiger partial charge in [0.2, 0.25) is 0 Å². The summed E-state index contributed by atoms with van der Waals surface area (Å²) < 4.78 is 36.7. The summed E-state index contributed by atoms with van der Waals surface area (Å²) in [4.78, 5) is 11.7. The molecule has 1 atom stereocenters. The van der Waals surface area contributed by atoms with Crippen molar-refractivity contribution in [2.24, 2.45) is 5.92 Å². The van der Waals surface area contributed by atoms with Gasteiger partial charge in [0.15, 0.2) is 0 Å². The average molecular weight is 336 g/mol. The molecule has 0 radical (unpaired) electrons. The van der Waals surface area contributed by atoms with Crippen molar-refractivity contribution in [2.45, 2.75) is 46.0 Å². The molecule has 22 heavy (non-hydrogen) atoms. The van der Waals surface area contributed by atoms with Crippen molar-refractivity contribution in [3.63, 3.8) is 0 Å². The maximum Gasteiger partial charge on any atom is 0.308 e. The van der Waals surface area contributed by atoms with Gasteiger partial charge in [0.05, 0.1) is 31.3 Å². The molecule has 130 valence electrons. The van der Waals surface area contributed by atoms with Crippen molar-refractivity contribution in [3.8, 4) is 0 Å². The van der Waals surface area contributed by atoms with Crippen LogP contribution in [0, 0.1) is 5.92 Å². The Hall–Kier alpha value is -0.660. The number of hydrogen-bond acceptors (Lipinski definition) is 4. The van der Waals surface area contributed by atoms with Crippen molar-refractivity contribution in [2.75, 3.05) is 38.5 Å². The molecule has 1 fully saturated rings. The van der Waals surface area contributed by atoms with Crippen LogP contribution in [0.15, 0.2) is 0 Å². The molecule has 1 unspecified atom stereocenters. The molecular formula is C15H30NO5S+. The van der Waals surface area contributed by atoms with Gasteiger partial charge in [0.25, 0.3) is 10.1 Å². The highest BCUT2D eigenvalue weighted by Gasteiger charge is 2.30. The van der Waals surface area contributed by atoms with Gasteiger partial charge >= 0.3 is 5.97 Å². The topological polar surface area (TPSA) is 80.7 Å². The Labute approximate surface area is 134 Å². The molecule has 0 amide bonds. The summed E-state index contributed by atoms with van der Waals surface area (Å²) in [5.41, 5.74) is 0. The van der Waals surface area contributed by atoms with E-state index >= 15 is 0 Å². The lowest BCUT2D eigenvalue weighted by Crippen LogP contribution is -2.54.